The van der Waals surface area contributed by atoms with Crippen molar-refractivity contribution in [1.29, 1.82) is 0 Å². The number of ether oxygens (including phenoxy) is 1. The zero-order valence-electron chi connectivity index (χ0n) is 14.0. The van der Waals surface area contributed by atoms with Crippen LogP contribution in [0.2, 0.25) is 0 Å². The van der Waals surface area contributed by atoms with Gasteiger partial charge >= 0.3 is 0 Å². The highest BCUT2D eigenvalue weighted by atomic mass is 79.9. The third kappa shape index (κ3) is 3.81. The SMILES string of the molecule is O=C1/C(=C\c2cc(Br)cs2)CCc2cc(OCCn3ccnc3)ccc21. The fourth-order valence-electron chi connectivity index (χ4n) is 3.05. The van der Waals surface area contributed by atoms with Gasteiger partial charge in [-0.2, -0.15) is 0 Å². The van der Waals surface area contributed by atoms with Gasteiger partial charge in [0.15, 0.2) is 5.78 Å². The first kappa shape index (κ1) is 17.2. The van der Waals surface area contributed by atoms with Gasteiger partial charge < -0.3 is 9.30 Å². The summed E-state index contributed by atoms with van der Waals surface area (Å²) in [4.78, 5) is 17.9. The van der Waals surface area contributed by atoms with Crippen molar-refractivity contribution in [2.24, 2.45) is 0 Å². The number of aryl methyl sites for hydroxylation is 1. The van der Waals surface area contributed by atoms with E-state index in [1.807, 2.05) is 46.5 Å². The molecule has 0 radical (unpaired) electrons. The number of nitrogens with zero attached hydrogens (tertiary/aromatic N) is 2. The van der Waals surface area contributed by atoms with Gasteiger partial charge in [-0.1, -0.05) is 0 Å². The Hall–Kier alpha value is -2.18. The number of aromatic nitrogens is 2. The van der Waals surface area contributed by atoms with Crippen molar-refractivity contribution < 1.29 is 9.53 Å². The number of hydrogen-bond acceptors (Lipinski definition) is 4. The number of halogens is 1. The van der Waals surface area contributed by atoms with Crippen molar-refractivity contribution in [1.82, 2.24) is 9.55 Å². The van der Waals surface area contributed by atoms with Crippen molar-refractivity contribution in [3.05, 3.63) is 74.4 Å². The van der Waals surface area contributed by atoms with Crippen LogP contribution in [0.3, 0.4) is 0 Å². The second kappa shape index (κ2) is 7.60. The molecular weight excluding hydrogens is 412 g/mol. The third-order valence-electron chi connectivity index (χ3n) is 4.36. The number of fused-ring (bicyclic) bond motifs is 1. The lowest BCUT2D eigenvalue weighted by molar-refractivity contribution is 0.102. The molecule has 1 aliphatic rings. The lowest BCUT2D eigenvalue weighted by atomic mass is 9.86. The Morgan fingerprint density at radius 3 is 3.00 bits per heavy atom. The van der Waals surface area contributed by atoms with E-state index in [0.717, 1.165) is 51.2 Å². The summed E-state index contributed by atoms with van der Waals surface area (Å²) in [5.74, 6) is 0.937. The zero-order valence-corrected chi connectivity index (χ0v) is 16.4. The first-order valence-electron chi connectivity index (χ1n) is 8.40. The van der Waals surface area contributed by atoms with Crippen LogP contribution in [-0.2, 0) is 13.0 Å². The molecule has 1 aliphatic carbocycles. The van der Waals surface area contributed by atoms with Crippen LogP contribution < -0.4 is 4.74 Å². The molecule has 4 rings (SSSR count). The normalized spacial score (nSPS) is 15.3. The number of carbonyl (C=O) groups excluding carboxylic acids is 1. The predicted molar refractivity (Wildman–Crippen MR) is 107 cm³/mol. The van der Waals surface area contributed by atoms with Crippen LogP contribution in [0.4, 0.5) is 0 Å². The first-order chi connectivity index (χ1) is 12.7. The fraction of sp³-hybridized carbons (Fsp3) is 0.200. The number of Topliss-reactive ketones (excluding diaryl/α,β-unsaturated/α-hetero) is 1. The number of allylic oxidation sites excluding steroid dienone is 1. The molecule has 6 heteroatoms. The highest BCUT2D eigenvalue weighted by molar-refractivity contribution is 9.10. The van der Waals surface area contributed by atoms with Crippen LogP contribution in [-0.4, -0.2) is 21.9 Å². The molecule has 0 saturated heterocycles. The topological polar surface area (TPSA) is 44.1 Å². The van der Waals surface area contributed by atoms with Gasteiger partial charge in [-0.05, 0) is 64.7 Å². The van der Waals surface area contributed by atoms with E-state index in [-0.39, 0.29) is 5.78 Å². The minimum atomic E-state index is 0.126. The lowest BCUT2D eigenvalue weighted by Gasteiger charge is -2.18. The Bertz CT molecular complexity index is 960. The highest BCUT2D eigenvalue weighted by Gasteiger charge is 2.22. The number of carbonyl (C=O) groups is 1. The molecule has 26 heavy (non-hydrogen) atoms. The van der Waals surface area contributed by atoms with Gasteiger partial charge in [0.2, 0.25) is 0 Å². The molecule has 1 aromatic carbocycles. The van der Waals surface area contributed by atoms with Crippen molar-refractivity contribution in [2.75, 3.05) is 6.61 Å². The molecule has 0 unspecified atom stereocenters. The molecule has 0 atom stereocenters. The van der Waals surface area contributed by atoms with Crippen LogP contribution in [0.5, 0.6) is 5.75 Å². The molecular formula is C20H17BrN2O2S. The van der Waals surface area contributed by atoms with E-state index in [9.17, 15) is 4.79 Å². The largest absolute Gasteiger partial charge is 0.492 e. The highest BCUT2D eigenvalue weighted by Crippen LogP contribution is 2.31. The van der Waals surface area contributed by atoms with E-state index < -0.39 is 0 Å². The maximum atomic E-state index is 12.8. The molecule has 0 N–H and O–H groups in total. The minimum Gasteiger partial charge on any atom is -0.492 e. The monoisotopic (exact) mass is 428 g/mol. The second-order valence-corrected chi connectivity index (χ2v) is 7.99. The summed E-state index contributed by atoms with van der Waals surface area (Å²) in [6.45, 7) is 1.32. The summed E-state index contributed by atoms with van der Waals surface area (Å²) in [6, 6.07) is 7.81. The van der Waals surface area contributed by atoms with E-state index in [4.69, 9.17) is 4.74 Å². The number of imidazole rings is 1. The molecule has 0 spiro atoms. The van der Waals surface area contributed by atoms with Crippen LogP contribution in [0.15, 0.2) is 58.4 Å². The quantitative estimate of drug-likeness (QED) is 0.537. The van der Waals surface area contributed by atoms with Gasteiger partial charge in [-0.15, -0.1) is 11.3 Å². The molecule has 2 aromatic heterocycles. The lowest BCUT2D eigenvalue weighted by Crippen LogP contribution is -2.14. The van der Waals surface area contributed by atoms with E-state index >= 15 is 0 Å². The molecule has 0 saturated carbocycles. The van der Waals surface area contributed by atoms with Crippen molar-refractivity contribution in [3.63, 3.8) is 0 Å². The molecule has 0 fully saturated rings. The Balaban J connectivity index is 1.46. The van der Waals surface area contributed by atoms with E-state index in [1.54, 1.807) is 23.9 Å². The fourth-order valence-corrected chi connectivity index (χ4v) is 4.45. The van der Waals surface area contributed by atoms with Crippen LogP contribution >= 0.6 is 27.3 Å². The average molecular weight is 429 g/mol. The minimum absolute atomic E-state index is 0.126. The van der Waals surface area contributed by atoms with Gasteiger partial charge in [-0.25, -0.2) is 4.98 Å². The van der Waals surface area contributed by atoms with Crippen molar-refractivity contribution in [3.8, 4) is 5.75 Å². The number of benzene rings is 1. The summed E-state index contributed by atoms with van der Waals surface area (Å²) in [5, 5.41) is 2.03. The van der Waals surface area contributed by atoms with Gasteiger partial charge in [0, 0.05) is 38.3 Å². The zero-order chi connectivity index (χ0) is 17.9. The molecule has 132 valence electrons. The molecule has 0 aliphatic heterocycles. The Labute approximate surface area is 164 Å². The summed E-state index contributed by atoms with van der Waals surface area (Å²) in [6.07, 6.45) is 9.07. The summed E-state index contributed by atoms with van der Waals surface area (Å²) < 4.78 is 8.85. The molecule has 0 bridgehead atoms. The van der Waals surface area contributed by atoms with Crippen LogP contribution in [0.25, 0.3) is 6.08 Å². The van der Waals surface area contributed by atoms with Gasteiger partial charge in [0.1, 0.15) is 12.4 Å². The maximum absolute atomic E-state index is 12.8. The molecule has 0 amide bonds. The van der Waals surface area contributed by atoms with E-state index in [2.05, 4.69) is 20.9 Å². The average Bonchev–Trinajstić information content (AvgIpc) is 3.29. The Morgan fingerprint density at radius 2 is 2.23 bits per heavy atom. The van der Waals surface area contributed by atoms with Crippen LogP contribution in [0, 0.1) is 0 Å². The Morgan fingerprint density at radius 1 is 1.31 bits per heavy atom. The van der Waals surface area contributed by atoms with Crippen LogP contribution in [0.1, 0.15) is 27.2 Å². The van der Waals surface area contributed by atoms with Gasteiger partial charge in [0.25, 0.3) is 0 Å². The standard InChI is InChI=1S/C20H17BrN2O2S/c21-16-11-18(26-12-16)10-15-2-1-14-9-17(3-4-19(14)20(15)24)25-8-7-23-6-5-22-13-23/h3-6,9-13H,1-2,7-8H2/b15-10-. The van der Waals surface area contributed by atoms with E-state index in [0.29, 0.717) is 6.61 Å². The molecule has 2 heterocycles. The number of thiophene rings is 1. The van der Waals surface area contributed by atoms with E-state index in [1.165, 1.54) is 0 Å². The number of rotatable bonds is 5. The second-order valence-electron chi connectivity index (χ2n) is 6.13. The smallest absolute Gasteiger partial charge is 0.189 e. The molecule has 4 nitrogen and oxygen atoms in total. The van der Waals surface area contributed by atoms with Gasteiger partial charge in [-0.3, -0.25) is 4.79 Å². The van der Waals surface area contributed by atoms with Crippen molar-refractivity contribution >= 4 is 39.1 Å². The summed E-state index contributed by atoms with van der Waals surface area (Å²) in [7, 11) is 0. The summed E-state index contributed by atoms with van der Waals surface area (Å²) in [5.41, 5.74) is 2.74. The predicted octanol–water partition coefficient (Wildman–Crippen LogP) is 5.00. The first-order valence-corrected chi connectivity index (χ1v) is 10.1. The maximum Gasteiger partial charge on any atom is 0.189 e. The van der Waals surface area contributed by atoms with Gasteiger partial charge in [0.05, 0.1) is 12.9 Å². The number of ketones is 1. The third-order valence-corrected chi connectivity index (χ3v) is 6.00. The number of hydrogen-bond donors (Lipinski definition) is 0. The summed E-state index contributed by atoms with van der Waals surface area (Å²) >= 11 is 5.09. The molecule has 3 aromatic rings. The van der Waals surface area contributed by atoms with Crippen molar-refractivity contribution in [2.45, 2.75) is 19.4 Å². The Kier molecular flexibility index (Phi) is 5.04.